The number of carboxylic acid groups (broad SMARTS) is 1. The second kappa shape index (κ2) is 9.87. The Morgan fingerprint density at radius 2 is 1.60 bits per heavy atom. The number of ether oxygens (including phenoxy) is 2. The Bertz CT molecular complexity index is 1220. The molecule has 10 heteroatoms. The minimum atomic E-state index is -4.96. The first-order chi connectivity index (χ1) is 16.6. The number of benzene rings is 3. The van der Waals surface area contributed by atoms with E-state index in [0.717, 1.165) is 34.4 Å². The molecule has 3 aromatic rings. The largest absolute Gasteiger partial charge is 0.573 e. The van der Waals surface area contributed by atoms with E-state index in [9.17, 15) is 27.9 Å². The van der Waals surface area contributed by atoms with Crippen LogP contribution in [0, 0.1) is 0 Å². The van der Waals surface area contributed by atoms with Crippen molar-refractivity contribution in [3.8, 4) is 16.9 Å². The van der Waals surface area contributed by atoms with Crippen molar-refractivity contribution < 1.29 is 37.3 Å². The average Bonchev–Trinajstić information content (AvgIpc) is 3.12. The molecular weight excluding hydrogens is 487 g/mol. The molecule has 0 aliphatic heterocycles. The predicted molar refractivity (Wildman–Crippen MR) is 121 cm³/mol. The average molecular weight is 506 g/mol. The highest BCUT2D eigenvalue weighted by Gasteiger charge is 2.33. The molecular formula is C25H19ClF3NO5. The monoisotopic (exact) mass is 505 g/mol. The molecule has 1 unspecified atom stereocenters. The predicted octanol–water partition coefficient (Wildman–Crippen LogP) is 5.77. The number of rotatable bonds is 7. The van der Waals surface area contributed by atoms with Crippen molar-refractivity contribution in [2.75, 3.05) is 6.61 Å². The van der Waals surface area contributed by atoms with E-state index >= 15 is 0 Å². The molecule has 0 aromatic heterocycles. The quantitative estimate of drug-likeness (QED) is 0.425. The lowest BCUT2D eigenvalue weighted by Gasteiger charge is -2.18. The fourth-order valence-corrected chi connectivity index (χ4v) is 4.25. The van der Waals surface area contributed by atoms with Crippen molar-refractivity contribution in [3.63, 3.8) is 0 Å². The summed E-state index contributed by atoms with van der Waals surface area (Å²) in [6, 6.07) is 17.5. The fourth-order valence-electron chi connectivity index (χ4n) is 4.10. The summed E-state index contributed by atoms with van der Waals surface area (Å²) < 4.78 is 46.9. The van der Waals surface area contributed by atoms with Gasteiger partial charge in [0, 0.05) is 12.3 Å². The zero-order valence-electron chi connectivity index (χ0n) is 18.0. The molecule has 182 valence electrons. The molecule has 0 heterocycles. The molecule has 35 heavy (non-hydrogen) atoms. The molecule has 0 saturated heterocycles. The summed E-state index contributed by atoms with van der Waals surface area (Å²) in [6.45, 7) is -0.0171. The molecule has 2 N–H and O–H groups in total. The van der Waals surface area contributed by atoms with Crippen LogP contribution in [-0.4, -0.2) is 36.2 Å². The van der Waals surface area contributed by atoms with Gasteiger partial charge in [0.25, 0.3) is 0 Å². The van der Waals surface area contributed by atoms with Crippen molar-refractivity contribution in [3.05, 3.63) is 88.4 Å². The molecule has 0 radical (unpaired) electrons. The van der Waals surface area contributed by atoms with E-state index in [1.807, 2.05) is 48.5 Å². The number of carbonyl (C=O) groups excluding carboxylic acids is 1. The first-order valence-corrected chi connectivity index (χ1v) is 10.9. The number of fused-ring (bicyclic) bond motifs is 3. The van der Waals surface area contributed by atoms with Gasteiger partial charge in [-0.2, -0.15) is 0 Å². The number of carbonyl (C=O) groups is 2. The standard InChI is InChI=1S/C25H19ClF3NO5/c26-20-10-9-14(12-22(20)35-25(27,28)29)11-21(23(31)32)30-24(33)34-13-19-17-7-3-1-5-15(17)16-6-2-4-8-18(16)19/h1-10,12,19,21H,11,13H2,(H,30,33)(H,31,32). The van der Waals surface area contributed by atoms with E-state index in [1.165, 1.54) is 6.07 Å². The van der Waals surface area contributed by atoms with Gasteiger partial charge in [-0.25, -0.2) is 9.59 Å². The van der Waals surface area contributed by atoms with Gasteiger partial charge in [0.1, 0.15) is 18.4 Å². The first kappa shape index (κ1) is 24.4. The maximum atomic E-state index is 12.6. The van der Waals surface area contributed by atoms with Crippen molar-refractivity contribution in [1.29, 1.82) is 0 Å². The Balaban J connectivity index is 1.43. The lowest BCUT2D eigenvalue weighted by molar-refractivity contribution is -0.274. The fraction of sp³-hybridized carbons (Fsp3) is 0.200. The van der Waals surface area contributed by atoms with E-state index < -0.39 is 30.2 Å². The van der Waals surface area contributed by atoms with E-state index in [1.54, 1.807) is 0 Å². The van der Waals surface area contributed by atoms with Crippen molar-refractivity contribution >= 4 is 23.7 Å². The summed E-state index contributed by atoms with van der Waals surface area (Å²) in [4.78, 5) is 24.1. The van der Waals surface area contributed by atoms with Gasteiger partial charge in [-0.05, 0) is 39.9 Å². The molecule has 1 amide bonds. The summed E-state index contributed by atoms with van der Waals surface area (Å²) >= 11 is 5.73. The van der Waals surface area contributed by atoms with Gasteiger partial charge in [0.05, 0.1) is 5.02 Å². The maximum absolute atomic E-state index is 12.6. The number of aliphatic carboxylic acids is 1. The smallest absolute Gasteiger partial charge is 0.480 e. The Labute approximate surface area is 203 Å². The highest BCUT2D eigenvalue weighted by molar-refractivity contribution is 6.32. The number of hydrogen-bond donors (Lipinski definition) is 2. The van der Waals surface area contributed by atoms with E-state index in [0.29, 0.717) is 0 Å². The number of carboxylic acids is 1. The van der Waals surface area contributed by atoms with Crippen molar-refractivity contribution in [2.45, 2.75) is 24.7 Å². The van der Waals surface area contributed by atoms with Crippen LogP contribution in [-0.2, 0) is 16.0 Å². The van der Waals surface area contributed by atoms with E-state index in [-0.39, 0.29) is 29.5 Å². The second-order valence-electron chi connectivity index (χ2n) is 7.88. The number of halogens is 4. The van der Waals surface area contributed by atoms with Gasteiger partial charge in [-0.1, -0.05) is 66.2 Å². The third-order valence-corrected chi connectivity index (χ3v) is 5.91. The van der Waals surface area contributed by atoms with Crippen LogP contribution in [0.15, 0.2) is 66.7 Å². The molecule has 3 aromatic carbocycles. The number of alkyl carbamates (subject to hydrolysis) is 1. The lowest BCUT2D eigenvalue weighted by Crippen LogP contribution is -2.42. The minimum absolute atomic E-state index is 0.0171. The molecule has 0 fully saturated rings. The third kappa shape index (κ3) is 5.68. The molecule has 1 aliphatic carbocycles. The minimum Gasteiger partial charge on any atom is -0.480 e. The van der Waals surface area contributed by atoms with Gasteiger partial charge < -0.3 is 19.9 Å². The van der Waals surface area contributed by atoms with Crippen LogP contribution in [0.3, 0.4) is 0 Å². The molecule has 1 atom stereocenters. The summed E-state index contributed by atoms with van der Waals surface area (Å²) in [5, 5.41) is 11.5. The van der Waals surface area contributed by atoms with Crippen LogP contribution in [0.4, 0.5) is 18.0 Å². The van der Waals surface area contributed by atoms with Gasteiger partial charge in [0.15, 0.2) is 0 Å². The number of nitrogens with one attached hydrogen (secondary N) is 1. The SMILES string of the molecule is O=C(NC(Cc1ccc(Cl)c(OC(F)(F)F)c1)C(=O)O)OCC1c2ccccc2-c2ccccc21. The Kier molecular flexibility index (Phi) is 6.88. The topological polar surface area (TPSA) is 84.9 Å². The van der Waals surface area contributed by atoms with E-state index in [2.05, 4.69) is 10.1 Å². The van der Waals surface area contributed by atoms with E-state index in [4.69, 9.17) is 16.3 Å². The summed E-state index contributed by atoms with van der Waals surface area (Å²) in [5.74, 6) is -2.26. The molecule has 0 saturated carbocycles. The van der Waals surface area contributed by atoms with Gasteiger partial charge in [0.2, 0.25) is 0 Å². The maximum Gasteiger partial charge on any atom is 0.573 e. The summed E-state index contributed by atoms with van der Waals surface area (Å²) in [5.41, 5.74) is 4.24. The summed E-state index contributed by atoms with van der Waals surface area (Å²) in [7, 11) is 0. The Morgan fingerprint density at radius 1 is 1.00 bits per heavy atom. The highest BCUT2D eigenvalue weighted by Crippen LogP contribution is 2.44. The zero-order chi connectivity index (χ0) is 25.2. The zero-order valence-corrected chi connectivity index (χ0v) is 18.8. The van der Waals surface area contributed by atoms with Crippen molar-refractivity contribution in [2.24, 2.45) is 0 Å². The number of amides is 1. The summed E-state index contributed by atoms with van der Waals surface area (Å²) in [6.07, 6.45) is -6.24. The van der Waals surface area contributed by atoms with Crippen LogP contribution >= 0.6 is 11.6 Å². The van der Waals surface area contributed by atoms with Crippen LogP contribution < -0.4 is 10.1 Å². The third-order valence-electron chi connectivity index (χ3n) is 5.59. The van der Waals surface area contributed by atoms with Crippen LogP contribution in [0.2, 0.25) is 5.02 Å². The van der Waals surface area contributed by atoms with Gasteiger partial charge in [-0.3, -0.25) is 0 Å². The molecule has 1 aliphatic rings. The molecule has 6 nitrogen and oxygen atoms in total. The van der Waals surface area contributed by atoms with Crippen LogP contribution in [0.1, 0.15) is 22.6 Å². The van der Waals surface area contributed by atoms with Crippen LogP contribution in [0.25, 0.3) is 11.1 Å². The Hall–Kier alpha value is -3.72. The molecule has 0 bridgehead atoms. The molecule has 4 rings (SSSR count). The molecule has 0 spiro atoms. The van der Waals surface area contributed by atoms with Gasteiger partial charge >= 0.3 is 18.4 Å². The highest BCUT2D eigenvalue weighted by atomic mass is 35.5. The first-order valence-electron chi connectivity index (χ1n) is 10.5. The van der Waals surface area contributed by atoms with Crippen molar-refractivity contribution in [1.82, 2.24) is 5.32 Å². The lowest BCUT2D eigenvalue weighted by atomic mass is 9.98. The normalized spacial score (nSPS) is 13.5. The number of alkyl halides is 3. The Morgan fingerprint density at radius 3 is 2.17 bits per heavy atom. The van der Waals surface area contributed by atoms with Gasteiger partial charge in [-0.15, -0.1) is 13.2 Å². The second-order valence-corrected chi connectivity index (χ2v) is 8.28. The van der Waals surface area contributed by atoms with Crippen LogP contribution in [0.5, 0.6) is 5.75 Å². The number of hydrogen-bond acceptors (Lipinski definition) is 4.